The largest absolute Gasteiger partial charge is 0.497 e. The molecule has 0 radical (unpaired) electrons. The number of benzene rings is 2. The second kappa shape index (κ2) is 13.1. The summed E-state index contributed by atoms with van der Waals surface area (Å²) in [6.45, 7) is 6.67. The average molecular weight is 622 g/mol. The molecule has 44 heavy (non-hydrogen) atoms. The molecule has 8 nitrogen and oxygen atoms in total. The first kappa shape index (κ1) is 32.5. The van der Waals surface area contributed by atoms with E-state index in [1.165, 1.54) is 23.8 Å². The highest BCUT2D eigenvalue weighted by atomic mass is 19.4. The molecule has 0 spiro atoms. The Bertz CT molecular complexity index is 1650. The predicted molar refractivity (Wildman–Crippen MR) is 150 cm³/mol. The number of amides is 1. The summed E-state index contributed by atoms with van der Waals surface area (Å²) in [5, 5.41) is 13.7. The number of nitrogens with zero attached hydrogens (tertiary/aromatic N) is 5. The summed E-state index contributed by atoms with van der Waals surface area (Å²) >= 11 is 0. The van der Waals surface area contributed by atoms with Gasteiger partial charge in [-0.05, 0) is 43.3 Å². The van der Waals surface area contributed by atoms with Crippen LogP contribution in [0.2, 0.25) is 0 Å². The van der Waals surface area contributed by atoms with Crippen molar-refractivity contribution in [3.05, 3.63) is 95.6 Å². The Hall–Kier alpha value is -4.43. The van der Waals surface area contributed by atoms with Crippen LogP contribution in [0.3, 0.4) is 0 Å². The maximum atomic E-state index is 14.4. The maximum absolute atomic E-state index is 14.4. The summed E-state index contributed by atoms with van der Waals surface area (Å²) in [7, 11) is 1.46. The molecule has 0 aliphatic carbocycles. The summed E-state index contributed by atoms with van der Waals surface area (Å²) in [5.41, 5.74) is -1.93. The van der Waals surface area contributed by atoms with Gasteiger partial charge in [0.05, 0.1) is 31.6 Å². The Morgan fingerprint density at radius 1 is 1.02 bits per heavy atom. The number of fused-ring (bicyclic) bond motifs is 1. The van der Waals surface area contributed by atoms with Gasteiger partial charge in [-0.25, -0.2) is 22.7 Å². The van der Waals surface area contributed by atoms with Gasteiger partial charge in [0.1, 0.15) is 17.1 Å². The standard InChI is InChI=1S/C28H25F6N5O3.C2H4/c1-15-24(16-3-5-17(42-2)6-4-16)36-26-18(13-35-39(26)25(15)28(32,33)34)27(41)38-11-9-37(10-12-38)21(14-40)22-19(29)7-8-20(30)23(22)31;1-2/h3-8,13,21,40H,9-12,14H2,1-2H3;1-2H2/t21-;/m0./s1. The average Bonchev–Trinajstić information content (AvgIpc) is 3.44. The highest BCUT2D eigenvalue weighted by Crippen LogP contribution is 2.37. The molecule has 1 atom stereocenters. The summed E-state index contributed by atoms with van der Waals surface area (Å²) < 4.78 is 91.0. The van der Waals surface area contributed by atoms with Gasteiger partial charge in [-0.1, -0.05) is 0 Å². The summed E-state index contributed by atoms with van der Waals surface area (Å²) in [6, 6.07) is 6.49. The Kier molecular flexibility index (Phi) is 9.64. The first-order valence-corrected chi connectivity index (χ1v) is 13.3. The number of carbonyl (C=O) groups excluding carboxylic acids is 1. The normalized spacial score (nSPS) is 14.7. The third kappa shape index (κ3) is 5.99. The summed E-state index contributed by atoms with van der Waals surface area (Å²) in [5.74, 6) is -3.83. The number of methoxy groups -OCH3 is 1. The number of alkyl halides is 3. The molecular weight excluding hydrogens is 592 g/mol. The number of aromatic nitrogens is 3. The van der Waals surface area contributed by atoms with E-state index in [0.717, 1.165) is 12.3 Å². The minimum atomic E-state index is -4.81. The van der Waals surface area contributed by atoms with Crippen LogP contribution in [0, 0.1) is 24.4 Å². The molecule has 4 aromatic rings. The van der Waals surface area contributed by atoms with Crippen LogP contribution in [0.4, 0.5) is 26.3 Å². The molecular formula is C30H29F6N5O3. The van der Waals surface area contributed by atoms with Gasteiger partial charge in [0, 0.05) is 42.9 Å². The number of carbonyl (C=O) groups is 1. The van der Waals surface area contributed by atoms with Crippen LogP contribution in [0.15, 0.2) is 55.8 Å². The van der Waals surface area contributed by atoms with Crippen LogP contribution in [-0.2, 0) is 6.18 Å². The van der Waals surface area contributed by atoms with Gasteiger partial charge in [0.2, 0.25) is 0 Å². The molecule has 1 fully saturated rings. The molecule has 234 valence electrons. The third-order valence-corrected chi connectivity index (χ3v) is 7.37. The number of aliphatic hydroxyl groups excluding tert-OH is 1. The van der Waals surface area contributed by atoms with Crippen molar-refractivity contribution in [3.63, 3.8) is 0 Å². The molecule has 2 aromatic carbocycles. The van der Waals surface area contributed by atoms with Crippen molar-refractivity contribution in [2.24, 2.45) is 0 Å². The Balaban J connectivity index is 0.00000216. The Morgan fingerprint density at radius 2 is 1.64 bits per heavy atom. The lowest BCUT2D eigenvalue weighted by Gasteiger charge is -2.38. The van der Waals surface area contributed by atoms with Crippen LogP contribution >= 0.6 is 0 Å². The third-order valence-electron chi connectivity index (χ3n) is 7.37. The van der Waals surface area contributed by atoms with Gasteiger partial charge in [-0.15, -0.1) is 13.2 Å². The minimum Gasteiger partial charge on any atom is -0.497 e. The summed E-state index contributed by atoms with van der Waals surface area (Å²) in [4.78, 5) is 20.8. The van der Waals surface area contributed by atoms with Crippen molar-refractivity contribution >= 4 is 11.6 Å². The van der Waals surface area contributed by atoms with E-state index >= 15 is 0 Å². The molecule has 0 unspecified atom stereocenters. The van der Waals surface area contributed by atoms with Gasteiger partial charge < -0.3 is 14.7 Å². The lowest BCUT2D eigenvalue weighted by molar-refractivity contribution is -0.143. The molecule has 3 heterocycles. The zero-order valence-electron chi connectivity index (χ0n) is 23.8. The van der Waals surface area contributed by atoms with Gasteiger partial charge in [0.15, 0.2) is 23.0 Å². The SMILES string of the molecule is C=C.COc1ccc(-c2nc3c(C(=O)N4CCN([C@@H](CO)c5c(F)ccc(F)c5F)CC4)cnn3c(C(F)(F)F)c2C)cc1. The van der Waals surface area contributed by atoms with E-state index in [1.807, 2.05) is 0 Å². The first-order valence-electron chi connectivity index (χ1n) is 13.3. The molecule has 2 aromatic heterocycles. The van der Waals surface area contributed by atoms with E-state index in [1.54, 1.807) is 24.3 Å². The van der Waals surface area contributed by atoms with Crippen molar-refractivity contribution in [2.45, 2.75) is 19.1 Å². The molecule has 1 amide bonds. The zero-order chi connectivity index (χ0) is 32.3. The molecule has 0 bridgehead atoms. The van der Waals surface area contributed by atoms with Crippen molar-refractivity contribution in [3.8, 4) is 17.0 Å². The summed E-state index contributed by atoms with van der Waals surface area (Å²) in [6.07, 6.45) is -3.79. The van der Waals surface area contributed by atoms with Crippen molar-refractivity contribution in [1.29, 1.82) is 0 Å². The van der Waals surface area contributed by atoms with E-state index in [9.17, 15) is 36.2 Å². The first-order chi connectivity index (χ1) is 21.0. The fraction of sp³-hybridized carbons (Fsp3) is 0.300. The number of ether oxygens (including phenoxy) is 1. The lowest BCUT2D eigenvalue weighted by atomic mass is 10.0. The minimum absolute atomic E-state index is 0.00849. The quantitative estimate of drug-likeness (QED) is 0.175. The molecule has 14 heteroatoms. The molecule has 0 saturated carbocycles. The molecule has 1 aliphatic rings. The molecule has 1 saturated heterocycles. The molecule has 5 rings (SSSR count). The Morgan fingerprint density at radius 3 is 2.20 bits per heavy atom. The van der Waals surface area contributed by atoms with Gasteiger partial charge >= 0.3 is 6.18 Å². The number of aliphatic hydroxyl groups is 1. The van der Waals surface area contributed by atoms with Gasteiger partial charge in [-0.3, -0.25) is 9.69 Å². The number of hydrogen-bond donors (Lipinski definition) is 1. The van der Waals surface area contributed by atoms with Crippen LogP contribution in [-0.4, -0.2) is 75.3 Å². The number of hydrogen-bond acceptors (Lipinski definition) is 6. The lowest BCUT2D eigenvalue weighted by Crippen LogP contribution is -2.50. The van der Waals surface area contributed by atoms with E-state index in [2.05, 4.69) is 23.2 Å². The van der Waals surface area contributed by atoms with E-state index in [4.69, 9.17) is 4.74 Å². The topological polar surface area (TPSA) is 83.2 Å². The van der Waals surface area contributed by atoms with Crippen molar-refractivity contribution in [1.82, 2.24) is 24.4 Å². The molecule has 1 aliphatic heterocycles. The van der Waals surface area contributed by atoms with Crippen LogP contribution in [0.25, 0.3) is 16.9 Å². The van der Waals surface area contributed by atoms with E-state index < -0.39 is 53.4 Å². The fourth-order valence-electron chi connectivity index (χ4n) is 5.23. The van der Waals surface area contributed by atoms with Crippen LogP contribution < -0.4 is 4.74 Å². The zero-order valence-corrected chi connectivity index (χ0v) is 23.8. The predicted octanol–water partition coefficient (Wildman–Crippen LogP) is 5.44. The maximum Gasteiger partial charge on any atom is 0.433 e. The number of halogens is 6. The monoisotopic (exact) mass is 621 g/mol. The highest BCUT2D eigenvalue weighted by molar-refractivity contribution is 6.00. The smallest absolute Gasteiger partial charge is 0.433 e. The second-order valence-corrected chi connectivity index (χ2v) is 9.74. The highest BCUT2D eigenvalue weighted by Gasteiger charge is 2.39. The van der Waals surface area contributed by atoms with Crippen molar-refractivity contribution in [2.75, 3.05) is 39.9 Å². The Labute approximate surface area is 248 Å². The second-order valence-electron chi connectivity index (χ2n) is 9.74. The van der Waals surface area contributed by atoms with E-state index in [-0.39, 0.29) is 48.6 Å². The van der Waals surface area contributed by atoms with E-state index in [0.29, 0.717) is 21.9 Å². The van der Waals surface area contributed by atoms with Gasteiger partial charge in [0.25, 0.3) is 5.91 Å². The fourth-order valence-corrected chi connectivity index (χ4v) is 5.23. The van der Waals surface area contributed by atoms with Gasteiger partial charge in [-0.2, -0.15) is 18.3 Å². The molecule has 1 N–H and O–H groups in total. The van der Waals surface area contributed by atoms with Crippen molar-refractivity contribution < 1.29 is 41.0 Å². The van der Waals surface area contributed by atoms with Crippen LogP contribution in [0.1, 0.15) is 33.2 Å². The van der Waals surface area contributed by atoms with Crippen LogP contribution in [0.5, 0.6) is 5.75 Å². The number of rotatable bonds is 6. The number of piperazine rings is 1.